The highest BCUT2D eigenvalue weighted by Gasteiger charge is 2.44. The zero-order valence-corrected chi connectivity index (χ0v) is 14.5. The Labute approximate surface area is 141 Å². The summed E-state index contributed by atoms with van der Waals surface area (Å²) in [7, 11) is 0. The normalized spacial score (nSPS) is 23.4. The number of hydrogen-bond acceptors (Lipinski definition) is 4. The molecule has 24 heavy (non-hydrogen) atoms. The third-order valence-corrected chi connectivity index (χ3v) is 5.07. The first-order valence-corrected chi connectivity index (χ1v) is 8.82. The Kier molecular flexibility index (Phi) is 6.88. The van der Waals surface area contributed by atoms with Crippen LogP contribution in [0.1, 0.15) is 26.7 Å². The van der Waals surface area contributed by atoms with Gasteiger partial charge >= 0.3 is 6.18 Å². The highest BCUT2D eigenvalue weighted by atomic mass is 19.4. The van der Waals surface area contributed by atoms with Gasteiger partial charge in [0, 0.05) is 44.7 Å². The minimum absolute atomic E-state index is 0.170. The van der Waals surface area contributed by atoms with Gasteiger partial charge in [0.05, 0.1) is 0 Å². The number of nitrogens with one attached hydrogen (secondary N) is 2. The van der Waals surface area contributed by atoms with Gasteiger partial charge in [-0.05, 0) is 39.8 Å². The third kappa shape index (κ3) is 5.32. The molecule has 2 heterocycles. The van der Waals surface area contributed by atoms with Gasteiger partial charge in [0.2, 0.25) is 5.91 Å². The number of nitrogens with zero attached hydrogens (tertiary/aromatic N) is 2. The Hall–Kier alpha value is -0.860. The summed E-state index contributed by atoms with van der Waals surface area (Å²) in [5.74, 6) is -0.403. The molecule has 5 nitrogen and oxygen atoms in total. The monoisotopic (exact) mass is 350 g/mol. The molecule has 0 aliphatic carbocycles. The van der Waals surface area contributed by atoms with E-state index in [0.717, 1.165) is 13.1 Å². The number of likely N-dealkylation sites (tertiary alicyclic amines) is 1. The van der Waals surface area contributed by atoms with Crippen LogP contribution in [0.25, 0.3) is 0 Å². The van der Waals surface area contributed by atoms with E-state index in [1.807, 2.05) is 0 Å². The standard InChI is InChI=1S/C16H29F3N4O/c1-12(2)22-7-3-13(4-8-22)15(24)21-11-14(16(17,18)19)23-9-5-20-6-10-23/h12-14,20H,3-11H2,1-2H3,(H,21,24). The van der Waals surface area contributed by atoms with E-state index in [9.17, 15) is 18.0 Å². The van der Waals surface area contributed by atoms with Gasteiger partial charge in [0.15, 0.2) is 0 Å². The zero-order chi connectivity index (χ0) is 17.7. The second-order valence-electron chi connectivity index (χ2n) is 6.99. The van der Waals surface area contributed by atoms with Crippen molar-refractivity contribution in [3.8, 4) is 0 Å². The highest BCUT2D eigenvalue weighted by molar-refractivity contribution is 5.78. The molecular weight excluding hydrogens is 321 g/mol. The van der Waals surface area contributed by atoms with Crippen molar-refractivity contribution in [1.82, 2.24) is 20.4 Å². The predicted octanol–water partition coefficient (Wildman–Crippen LogP) is 1.06. The molecule has 0 aromatic heterocycles. The number of rotatable bonds is 5. The molecule has 2 fully saturated rings. The molecule has 2 aliphatic rings. The molecule has 2 rings (SSSR count). The lowest BCUT2D eigenvalue weighted by Gasteiger charge is -2.37. The fraction of sp³-hybridized carbons (Fsp3) is 0.938. The Bertz CT molecular complexity index is 403. The third-order valence-electron chi connectivity index (χ3n) is 5.07. The van der Waals surface area contributed by atoms with Crippen LogP contribution in [0.2, 0.25) is 0 Å². The molecule has 1 atom stereocenters. The average molecular weight is 350 g/mol. The average Bonchev–Trinajstić information content (AvgIpc) is 2.54. The van der Waals surface area contributed by atoms with Crippen LogP contribution >= 0.6 is 0 Å². The number of carbonyl (C=O) groups is 1. The van der Waals surface area contributed by atoms with Crippen molar-refractivity contribution in [3.05, 3.63) is 0 Å². The van der Waals surface area contributed by atoms with Crippen LogP contribution in [0.4, 0.5) is 13.2 Å². The molecule has 1 amide bonds. The summed E-state index contributed by atoms with van der Waals surface area (Å²) in [6.45, 7) is 7.34. The fourth-order valence-corrected chi connectivity index (χ4v) is 3.47. The van der Waals surface area contributed by atoms with E-state index >= 15 is 0 Å². The number of piperidine rings is 1. The quantitative estimate of drug-likeness (QED) is 0.778. The van der Waals surface area contributed by atoms with Gasteiger partial charge in [-0.1, -0.05) is 0 Å². The van der Waals surface area contributed by atoms with E-state index in [2.05, 4.69) is 29.4 Å². The van der Waals surface area contributed by atoms with Gasteiger partial charge in [-0.15, -0.1) is 0 Å². The summed E-state index contributed by atoms with van der Waals surface area (Å²) >= 11 is 0. The molecule has 0 bridgehead atoms. The van der Waals surface area contributed by atoms with Crippen molar-refractivity contribution in [2.24, 2.45) is 5.92 Å². The van der Waals surface area contributed by atoms with Crippen LogP contribution in [0.15, 0.2) is 0 Å². The lowest BCUT2D eigenvalue weighted by molar-refractivity contribution is -0.184. The van der Waals surface area contributed by atoms with Crippen molar-refractivity contribution in [3.63, 3.8) is 0 Å². The number of halogens is 3. The summed E-state index contributed by atoms with van der Waals surface area (Å²) < 4.78 is 40.0. The Morgan fingerprint density at radius 3 is 2.21 bits per heavy atom. The largest absolute Gasteiger partial charge is 0.405 e. The van der Waals surface area contributed by atoms with Crippen molar-refractivity contribution < 1.29 is 18.0 Å². The maximum atomic E-state index is 13.3. The molecule has 0 aromatic rings. The summed E-state index contributed by atoms with van der Waals surface area (Å²) in [5.41, 5.74) is 0. The fourth-order valence-electron chi connectivity index (χ4n) is 3.47. The predicted molar refractivity (Wildman–Crippen MR) is 86.7 cm³/mol. The second kappa shape index (κ2) is 8.49. The van der Waals surface area contributed by atoms with E-state index in [4.69, 9.17) is 0 Å². The number of carbonyl (C=O) groups excluding carboxylic acids is 1. The zero-order valence-electron chi connectivity index (χ0n) is 14.5. The molecule has 0 aromatic carbocycles. The minimum atomic E-state index is -4.33. The van der Waals surface area contributed by atoms with E-state index in [-0.39, 0.29) is 18.4 Å². The van der Waals surface area contributed by atoms with Gasteiger partial charge in [-0.3, -0.25) is 9.69 Å². The molecule has 1 unspecified atom stereocenters. The first-order chi connectivity index (χ1) is 11.3. The van der Waals surface area contributed by atoms with Crippen LogP contribution in [0.3, 0.4) is 0 Å². The molecule has 0 saturated carbocycles. The van der Waals surface area contributed by atoms with Crippen molar-refractivity contribution in [1.29, 1.82) is 0 Å². The Morgan fingerprint density at radius 1 is 1.12 bits per heavy atom. The number of amides is 1. The topological polar surface area (TPSA) is 47.6 Å². The molecule has 2 aliphatic heterocycles. The summed E-state index contributed by atoms with van der Waals surface area (Å²) in [4.78, 5) is 16.0. The van der Waals surface area contributed by atoms with E-state index in [1.165, 1.54) is 4.90 Å². The maximum Gasteiger partial charge on any atom is 0.405 e. The summed E-state index contributed by atoms with van der Waals surface area (Å²) in [6.07, 6.45) is -2.89. The first kappa shape index (κ1) is 19.5. The van der Waals surface area contributed by atoms with Crippen LogP contribution in [0, 0.1) is 5.92 Å². The van der Waals surface area contributed by atoms with Crippen molar-refractivity contribution in [2.45, 2.75) is 44.9 Å². The molecule has 0 radical (unpaired) electrons. The van der Waals surface area contributed by atoms with Gasteiger partial charge in [0.1, 0.15) is 6.04 Å². The first-order valence-electron chi connectivity index (χ1n) is 8.82. The van der Waals surface area contributed by atoms with E-state index in [0.29, 0.717) is 45.1 Å². The van der Waals surface area contributed by atoms with Crippen LogP contribution in [0.5, 0.6) is 0 Å². The van der Waals surface area contributed by atoms with Gasteiger partial charge < -0.3 is 15.5 Å². The lowest BCUT2D eigenvalue weighted by atomic mass is 9.95. The molecule has 140 valence electrons. The molecular formula is C16H29F3N4O. The summed E-state index contributed by atoms with van der Waals surface area (Å²) in [5, 5.41) is 5.61. The van der Waals surface area contributed by atoms with Gasteiger partial charge in [-0.25, -0.2) is 0 Å². The summed E-state index contributed by atoms with van der Waals surface area (Å²) in [6, 6.07) is -1.16. The number of hydrogen-bond donors (Lipinski definition) is 2. The smallest absolute Gasteiger partial charge is 0.354 e. The molecule has 0 spiro atoms. The minimum Gasteiger partial charge on any atom is -0.354 e. The highest BCUT2D eigenvalue weighted by Crippen LogP contribution is 2.25. The van der Waals surface area contributed by atoms with E-state index in [1.54, 1.807) is 0 Å². The molecule has 8 heteroatoms. The van der Waals surface area contributed by atoms with Crippen LogP contribution in [-0.4, -0.2) is 79.8 Å². The Morgan fingerprint density at radius 2 is 1.71 bits per heavy atom. The van der Waals surface area contributed by atoms with Gasteiger partial charge in [-0.2, -0.15) is 13.2 Å². The number of piperazine rings is 1. The maximum absolute atomic E-state index is 13.3. The number of alkyl halides is 3. The van der Waals surface area contributed by atoms with Crippen LogP contribution in [-0.2, 0) is 4.79 Å². The lowest BCUT2D eigenvalue weighted by Crippen LogP contribution is -2.58. The SMILES string of the molecule is CC(C)N1CCC(C(=O)NCC(N2CCNCC2)C(F)(F)F)CC1. The molecule has 2 N–H and O–H groups in total. The Balaban J connectivity index is 1.84. The van der Waals surface area contributed by atoms with Crippen molar-refractivity contribution in [2.75, 3.05) is 45.8 Å². The molecule has 2 saturated heterocycles. The van der Waals surface area contributed by atoms with Crippen LogP contribution < -0.4 is 10.6 Å². The second-order valence-corrected chi connectivity index (χ2v) is 6.99. The van der Waals surface area contributed by atoms with Crippen molar-refractivity contribution >= 4 is 5.91 Å². The van der Waals surface area contributed by atoms with Gasteiger partial charge in [0.25, 0.3) is 0 Å². The van der Waals surface area contributed by atoms with E-state index < -0.39 is 12.2 Å².